The summed E-state index contributed by atoms with van der Waals surface area (Å²) in [6.45, 7) is 2.48. The number of carbonyl (C=O) groups is 2. The molecule has 2 heterocycles. The number of furan rings is 1. The number of hydrogen-bond acceptors (Lipinski definition) is 4. The fourth-order valence-electron chi connectivity index (χ4n) is 2.36. The summed E-state index contributed by atoms with van der Waals surface area (Å²) in [4.78, 5) is 26.7. The van der Waals surface area contributed by atoms with Crippen molar-refractivity contribution in [3.05, 3.63) is 29.7 Å². The average molecular weight is 318 g/mol. The molecule has 0 saturated heterocycles. The zero-order valence-electron chi connectivity index (χ0n) is 13.3. The Morgan fingerprint density at radius 2 is 1.91 bits per heavy atom. The second kappa shape index (κ2) is 8.31. The molecule has 2 rings (SSSR count). The molecule has 0 bridgehead atoms. The van der Waals surface area contributed by atoms with E-state index in [0.29, 0.717) is 24.1 Å². The number of carboxylic acids is 1. The minimum Gasteiger partial charge on any atom is -0.481 e. The van der Waals surface area contributed by atoms with Gasteiger partial charge in [-0.2, -0.15) is 0 Å². The topological polar surface area (TPSA) is 92.4 Å². The molecule has 0 spiro atoms. The highest BCUT2D eigenvalue weighted by Gasteiger charge is 2.12. The second-order valence-electron chi connectivity index (χ2n) is 5.61. The third-order valence-corrected chi connectivity index (χ3v) is 3.59. The Balaban J connectivity index is 1.67. The molecule has 1 amide bonds. The normalized spacial score (nSPS) is 10.8. The number of rotatable bonds is 9. The van der Waals surface area contributed by atoms with Crippen LogP contribution < -0.4 is 5.32 Å². The molecule has 2 aromatic rings. The van der Waals surface area contributed by atoms with Crippen molar-refractivity contribution in [1.29, 1.82) is 0 Å². The summed E-state index contributed by atoms with van der Waals surface area (Å²) in [6, 6.07) is 5.31. The number of aryl methyl sites for hydroxylation is 1. The van der Waals surface area contributed by atoms with Crippen LogP contribution in [-0.4, -0.2) is 28.5 Å². The van der Waals surface area contributed by atoms with Crippen molar-refractivity contribution in [2.75, 3.05) is 6.54 Å². The highest BCUT2D eigenvalue weighted by atomic mass is 16.4. The number of aliphatic carboxylic acids is 1. The van der Waals surface area contributed by atoms with Gasteiger partial charge in [-0.25, -0.2) is 4.98 Å². The highest BCUT2D eigenvalue weighted by Crippen LogP contribution is 2.17. The number of aromatic nitrogens is 1. The van der Waals surface area contributed by atoms with Crippen LogP contribution in [0.1, 0.15) is 54.8 Å². The standard InChI is InChI=1S/C17H22N2O4/c1-12-8-9-14-13(19-12)11-15(23-14)17(22)18-10-6-4-2-3-5-7-16(20)21/h8-9,11H,2-7,10H2,1H3,(H,18,22)(H,20,21). The van der Waals surface area contributed by atoms with Crippen LogP contribution in [0.4, 0.5) is 0 Å². The van der Waals surface area contributed by atoms with Crippen LogP contribution in [0, 0.1) is 6.92 Å². The Bertz CT molecular complexity index is 678. The van der Waals surface area contributed by atoms with Crippen LogP contribution in [0.5, 0.6) is 0 Å². The molecular weight excluding hydrogens is 296 g/mol. The summed E-state index contributed by atoms with van der Waals surface area (Å²) < 4.78 is 5.49. The molecule has 0 unspecified atom stereocenters. The minimum atomic E-state index is -0.743. The first kappa shape index (κ1) is 17.0. The third kappa shape index (κ3) is 5.39. The maximum Gasteiger partial charge on any atom is 0.303 e. The maximum absolute atomic E-state index is 12.0. The smallest absolute Gasteiger partial charge is 0.303 e. The number of pyridine rings is 1. The Morgan fingerprint density at radius 3 is 2.70 bits per heavy atom. The fourth-order valence-corrected chi connectivity index (χ4v) is 2.36. The van der Waals surface area contributed by atoms with E-state index in [4.69, 9.17) is 9.52 Å². The van der Waals surface area contributed by atoms with Crippen LogP contribution in [-0.2, 0) is 4.79 Å². The van der Waals surface area contributed by atoms with Gasteiger partial charge in [-0.1, -0.05) is 19.3 Å². The molecule has 0 aromatic carbocycles. The summed E-state index contributed by atoms with van der Waals surface area (Å²) >= 11 is 0. The average Bonchev–Trinajstić information content (AvgIpc) is 2.92. The van der Waals surface area contributed by atoms with Gasteiger partial charge in [-0.15, -0.1) is 0 Å². The van der Waals surface area contributed by atoms with E-state index in [0.717, 1.165) is 31.4 Å². The van der Waals surface area contributed by atoms with Gasteiger partial charge in [0.1, 0.15) is 5.52 Å². The predicted molar refractivity (Wildman–Crippen MR) is 86.4 cm³/mol. The van der Waals surface area contributed by atoms with E-state index in [2.05, 4.69) is 10.3 Å². The second-order valence-corrected chi connectivity index (χ2v) is 5.61. The van der Waals surface area contributed by atoms with Gasteiger partial charge in [0, 0.05) is 24.7 Å². The molecule has 2 aromatic heterocycles. The van der Waals surface area contributed by atoms with Crippen LogP contribution in [0.15, 0.2) is 22.6 Å². The first-order chi connectivity index (χ1) is 11.1. The van der Waals surface area contributed by atoms with E-state index in [1.807, 2.05) is 19.1 Å². The zero-order valence-corrected chi connectivity index (χ0v) is 13.3. The lowest BCUT2D eigenvalue weighted by Gasteiger charge is -2.03. The van der Waals surface area contributed by atoms with Gasteiger partial charge < -0.3 is 14.8 Å². The zero-order chi connectivity index (χ0) is 16.7. The Kier molecular flexibility index (Phi) is 6.14. The SMILES string of the molecule is Cc1ccc2oc(C(=O)NCCCCCCCC(=O)O)cc2n1. The molecule has 124 valence electrons. The minimum absolute atomic E-state index is 0.230. The molecular formula is C17H22N2O4. The van der Waals surface area contributed by atoms with Gasteiger partial charge in [-0.3, -0.25) is 9.59 Å². The summed E-state index contributed by atoms with van der Waals surface area (Å²) in [5.41, 5.74) is 2.18. The summed E-state index contributed by atoms with van der Waals surface area (Å²) in [7, 11) is 0. The molecule has 23 heavy (non-hydrogen) atoms. The summed E-state index contributed by atoms with van der Waals surface area (Å²) in [6.07, 6.45) is 4.69. The summed E-state index contributed by atoms with van der Waals surface area (Å²) in [5.74, 6) is -0.695. The van der Waals surface area contributed by atoms with Crippen LogP contribution in [0.25, 0.3) is 11.1 Å². The monoisotopic (exact) mass is 318 g/mol. The first-order valence-electron chi connectivity index (χ1n) is 7.93. The molecule has 2 N–H and O–H groups in total. The summed E-state index contributed by atoms with van der Waals surface area (Å²) in [5, 5.41) is 11.4. The van der Waals surface area contributed by atoms with Crippen LogP contribution >= 0.6 is 0 Å². The predicted octanol–water partition coefficient (Wildman–Crippen LogP) is 3.29. The lowest BCUT2D eigenvalue weighted by Crippen LogP contribution is -2.23. The van der Waals surface area contributed by atoms with Gasteiger partial charge in [0.15, 0.2) is 11.3 Å². The number of carboxylic acid groups (broad SMARTS) is 1. The highest BCUT2D eigenvalue weighted by molar-refractivity contribution is 5.95. The van der Waals surface area contributed by atoms with Crippen molar-refractivity contribution in [3.8, 4) is 0 Å². The first-order valence-corrected chi connectivity index (χ1v) is 7.93. The number of amides is 1. The molecule has 0 radical (unpaired) electrons. The third-order valence-electron chi connectivity index (χ3n) is 3.59. The van der Waals surface area contributed by atoms with E-state index in [1.54, 1.807) is 6.07 Å². The Hall–Kier alpha value is -2.37. The van der Waals surface area contributed by atoms with Crippen molar-refractivity contribution in [1.82, 2.24) is 10.3 Å². The molecule has 0 fully saturated rings. The Labute approximate surface area is 134 Å². The quantitative estimate of drug-likeness (QED) is 0.692. The van der Waals surface area contributed by atoms with Crippen molar-refractivity contribution < 1.29 is 19.1 Å². The lowest BCUT2D eigenvalue weighted by atomic mass is 10.1. The molecule has 0 saturated carbocycles. The Morgan fingerprint density at radius 1 is 1.17 bits per heavy atom. The van der Waals surface area contributed by atoms with Gasteiger partial charge in [0.25, 0.3) is 5.91 Å². The van der Waals surface area contributed by atoms with Crippen molar-refractivity contribution in [2.24, 2.45) is 0 Å². The van der Waals surface area contributed by atoms with Gasteiger partial charge in [-0.05, 0) is 31.9 Å². The van der Waals surface area contributed by atoms with Crippen LogP contribution in [0.3, 0.4) is 0 Å². The van der Waals surface area contributed by atoms with Crippen molar-refractivity contribution in [3.63, 3.8) is 0 Å². The number of carbonyl (C=O) groups excluding carboxylic acids is 1. The fraction of sp³-hybridized carbons (Fsp3) is 0.471. The number of unbranched alkanes of at least 4 members (excludes halogenated alkanes) is 4. The number of hydrogen-bond donors (Lipinski definition) is 2. The van der Waals surface area contributed by atoms with Gasteiger partial charge in [0.2, 0.25) is 0 Å². The van der Waals surface area contributed by atoms with E-state index in [-0.39, 0.29) is 18.1 Å². The van der Waals surface area contributed by atoms with E-state index in [1.165, 1.54) is 0 Å². The molecule has 0 aliphatic rings. The van der Waals surface area contributed by atoms with Gasteiger partial charge >= 0.3 is 5.97 Å². The largest absolute Gasteiger partial charge is 0.481 e. The molecule has 6 nitrogen and oxygen atoms in total. The maximum atomic E-state index is 12.0. The number of nitrogens with one attached hydrogen (secondary N) is 1. The van der Waals surface area contributed by atoms with Gasteiger partial charge in [0.05, 0.1) is 0 Å². The van der Waals surface area contributed by atoms with E-state index in [9.17, 15) is 9.59 Å². The van der Waals surface area contributed by atoms with Crippen molar-refractivity contribution in [2.45, 2.75) is 45.4 Å². The van der Waals surface area contributed by atoms with E-state index < -0.39 is 5.97 Å². The molecule has 0 atom stereocenters. The molecule has 0 aliphatic carbocycles. The van der Waals surface area contributed by atoms with Crippen molar-refractivity contribution >= 4 is 23.0 Å². The lowest BCUT2D eigenvalue weighted by molar-refractivity contribution is -0.137. The van der Waals surface area contributed by atoms with Crippen LogP contribution in [0.2, 0.25) is 0 Å². The molecule has 6 heteroatoms. The molecule has 0 aliphatic heterocycles. The number of fused-ring (bicyclic) bond motifs is 1. The van der Waals surface area contributed by atoms with E-state index >= 15 is 0 Å². The number of nitrogens with zero attached hydrogens (tertiary/aromatic N) is 1.